The van der Waals surface area contributed by atoms with E-state index in [-0.39, 0.29) is 12.1 Å². The van der Waals surface area contributed by atoms with E-state index in [1.807, 2.05) is 24.3 Å². The lowest BCUT2D eigenvalue weighted by atomic mass is 9.93. The highest BCUT2D eigenvalue weighted by Crippen LogP contribution is 2.26. The first-order valence-corrected chi connectivity index (χ1v) is 5.54. The fourth-order valence-electron chi connectivity index (χ4n) is 2.02. The molecule has 1 aromatic rings. The number of para-hydroxylation sites is 2. The number of nitrogen functional groups attached to an aromatic ring is 1. The average molecular weight is 206 g/mol. The van der Waals surface area contributed by atoms with Crippen molar-refractivity contribution in [3.8, 4) is 5.75 Å². The first kappa shape index (κ1) is 10.3. The van der Waals surface area contributed by atoms with Gasteiger partial charge < -0.3 is 16.2 Å². The number of hydrogen-bond acceptors (Lipinski definition) is 3. The van der Waals surface area contributed by atoms with Gasteiger partial charge in [-0.1, -0.05) is 18.6 Å². The topological polar surface area (TPSA) is 61.3 Å². The molecule has 0 radical (unpaired) electrons. The Morgan fingerprint density at radius 2 is 1.87 bits per heavy atom. The Kier molecular flexibility index (Phi) is 3.11. The number of benzene rings is 1. The summed E-state index contributed by atoms with van der Waals surface area (Å²) < 4.78 is 5.85. The summed E-state index contributed by atoms with van der Waals surface area (Å²) in [7, 11) is 0. The van der Waals surface area contributed by atoms with Crippen LogP contribution in [-0.4, -0.2) is 12.1 Å². The molecule has 15 heavy (non-hydrogen) atoms. The van der Waals surface area contributed by atoms with Crippen LogP contribution in [0.15, 0.2) is 24.3 Å². The van der Waals surface area contributed by atoms with Gasteiger partial charge in [0.1, 0.15) is 11.9 Å². The van der Waals surface area contributed by atoms with Crippen LogP contribution >= 0.6 is 0 Å². The summed E-state index contributed by atoms with van der Waals surface area (Å²) in [6.45, 7) is 0. The van der Waals surface area contributed by atoms with Crippen LogP contribution in [0.5, 0.6) is 5.75 Å². The second kappa shape index (κ2) is 4.53. The summed E-state index contributed by atoms with van der Waals surface area (Å²) >= 11 is 0. The van der Waals surface area contributed by atoms with Crippen LogP contribution in [0, 0.1) is 0 Å². The molecule has 2 unspecified atom stereocenters. The summed E-state index contributed by atoms with van der Waals surface area (Å²) in [6.07, 6.45) is 4.63. The van der Waals surface area contributed by atoms with Crippen molar-refractivity contribution in [2.75, 3.05) is 5.73 Å². The molecule has 0 spiro atoms. The number of nitrogens with two attached hydrogens (primary N) is 2. The highest BCUT2D eigenvalue weighted by atomic mass is 16.5. The number of hydrogen-bond donors (Lipinski definition) is 2. The van der Waals surface area contributed by atoms with Crippen LogP contribution in [0.4, 0.5) is 5.69 Å². The minimum atomic E-state index is 0.128. The van der Waals surface area contributed by atoms with Crippen LogP contribution in [0.3, 0.4) is 0 Å². The van der Waals surface area contributed by atoms with E-state index in [1.54, 1.807) is 0 Å². The Bertz CT molecular complexity index is 327. The molecule has 2 rings (SSSR count). The van der Waals surface area contributed by atoms with Gasteiger partial charge in [-0.2, -0.15) is 0 Å². The standard InChI is InChI=1S/C12H18N2O/c13-9-5-1-3-7-11(9)15-12-8-4-2-6-10(12)14/h1,3,5,7,10,12H,2,4,6,8,13-14H2. The van der Waals surface area contributed by atoms with Gasteiger partial charge in [-0.15, -0.1) is 0 Å². The van der Waals surface area contributed by atoms with E-state index in [2.05, 4.69) is 0 Å². The van der Waals surface area contributed by atoms with Gasteiger partial charge in [0, 0.05) is 6.04 Å². The van der Waals surface area contributed by atoms with Crippen molar-refractivity contribution in [3.63, 3.8) is 0 Å². The molecule has 0 aliphatic heterocycles. The van der Waals surface area contributed by atoms with E-state index >= 15 is 0 Å². The molecule has 0 aromatic heterocycles. The Morgan fingerprint density at radius 1 is 1.13 bits per heavy atom. The van der Waals surface area contributed by atoms with Crippen LogP contribution < -0.4 is 16.2 Å². The molecule has 0 amide bonds. The van der Waals surface area contributed by atoms with Gasteiger partial charge in [0.15, 0.2) is 0 Å². The number of anilines is 1. The quantitative estimate of drug-likeness (QED) is 0.727. The van der Waals surface area contributed by atoms with Crippen molar-refractivity contribution in [2.24, 2.45) is 5.73 Å². The van der Waals surface area contributed by atoms with Gasteiger partial charge in [0.2, 0.25) is 0 Å². The van der Waals surface area contributed by atoms with E-state index in [0.717, 1.165) is 18.6 Å². The fourth-order valence-corrected chi connectivity index (χ4v) is 2.02. The van der Waals surface area contributed by atoms with Crippen molar-refractivity contribution in [1.29, 1.82) is 0 Å². The lowest BCUT2D eigenvalue weighted by Crippen LogP contribution is -2.41. The molecule has 1 aromatic carbocycles. The highest BCUT2D eigenvalue weighted by molar-refractivity contribution is 5.51. The lowest BCUT2D eigenvalue weighted by molar-refractivity contribution is 0.133. The summed E-state index contributed by atoms with van der Waals surface area (Å²) in [6, 6.07) is 7.74. The summed E-state index contributed by atoms with van der Waals surface area (Å²) in [5, 5.41) is 0. The minimum absolute atomic E-state index is 0.128. The third kappa shape index (κ3) is 2.42. The molecular formula is C12H18N2O. The van der Waals surface area contributed by atoms with Crippen LogP contribution in [0.1, 0.15) is 25.7 Å². The molecule has 0 saturated heterocycles. The monoisotopic (exact) mass is 206 g/mol. The van der Waals surface area contributed by atoms with Crippen molar-refractivity contribution in [1.82, 2.24) is 0 Å². The maximum Gasteiger partial charge on any atom is 0.142 e. The largest absolute Gasteiger partial charge is 0.487 e. The maximum absolute atomic E-state index is 6.01. The Hall–Kier alpha value is -1.22. The first-order chi connectivity index (χ1) is 7.27. The zero-order valence-corrected chi connectivity index (χ0v) is 8.86. The van der Waals surface area contributed by atoms with Gasteiger partial charge in [0.25, 0.3) is 0 Å². The lowest BCUT2D eigenvalue weighted by Gasteiger charge is -2.29. The molecule has 3 heteroatoms. The third-order valence-electron chi connectivity index (χ3n) is 2.95. The molecule has 1 saturated carbocycles. The summed E-state index contributed by atoms with van der Waals surface area (Å²) in [5.41, 5.74) is 12.5. The van der Waals surface area contributed by atoms with Gasteiger partial charge in [0.05, 0.1) is 5.69 Å². The second-order valence-electron chi connectivity index (χ2n) is 4.14. The van der Waals surface area contributed by atoms with E-state index in [9.17, 15) is 0 Å². The van der Waals surface area contributed by atoms with Crippen molar-refractivity contribution >= 4 is 5.69 Å². The van der Waals surface area contributed by atoms with Crippen molar-refractivity contribution in [2.45, 2.75) is 37.8 Å². The predicted octanol–water partition coefficient (Wildman–Crippen LogP) is 1.92. The van der Waals surface area contributed by atoms with E-state index in [1.165, 1.54) is 12.8 Å². The molecule has 2 atom stereocenters. The van der Waals surface area contributed by atoms with Crippen LogP contribution in [0.25, 0.3) is 0 Å². The normalized spacial score (nSPS) is 26.2. The maximum atomic E-state index is 6.01. The van der Waals surface area contributed by atoms with Crippen LogP contribution in [-0.2, 0) is 0 Å². The fraction of sp³-hybridized carbons (Fsp3) is 0.500. The zero-order chi connectivity index (χ0) is 10.7. The highest BCUT2D eigenvalue weighted by Gasteiger charge is 2.23. The van der Waals surface area contributed by atoms with Gasteiger partial charge in [-0.25, -0.2) is 0 Å². The van der Waals surface area contributed by atoms with E-state index in [0.29, 0.717) is 5.69 Å². The molecule has 82 valence electrons. The summed E-state index contributed by atoms with van der Waals surface area (Å²) in [4.78, 5) is 0. The van der Waals surface area contributed by atoms with Crippen LogP contribution in [0.2, 0.25) is 0 Å². The number of rotatable bonds is 2. The van der Waals surface area contributed by atoms with Gasteiger partial charge >= 0.3 is 0 Å². The average Bonchev–Trinajstić information content (AvgIpc) is 2.24. The Morgan fingerprint density at radius 3 is 2.60 bits per heavy atom. The third-order valence-corrected chi connectivity index (χ3v) is 2.95. The molecule has 1 fully saturated rings. The smallest absolute Gasteiger partial charge is 0.142 e. The van der Waals surface area contributed by atoms with E-state index in [4.69, 9.17) is 16.2 Å². The van der Waals surface area contributed by atoms with Crippen molar-refractivity contribution in [3.05, 3.63) is 24.3 Å². The molecular weight excluding hydrogens is 188 g/mol. The Balaban J connectivity index is 2.04. The molecule has 3 nitrogen and oxygen atoms in total. The van der Waals surface area contributed by atoms with Crippen molar-refractivity contribution < 1.29 is 4.74 Å². The molecule has 1 aliphatic carbocycles. The van der Waals surface area contributed by atoms with Gasteiger partial charge in [-0.05, 0) is 31.4 Å². The molecule has 4 N–H and O–H groups in total. The number of ether oxygens (including phenoxy) is 1. The molecule has 0 bridgehead atoms. The predicted molar refractivity (Wildman–Crippen MR) is 61.7 cm³/mol. The first-order valence-electron chi connectivity index (χ1n) is 5.54. The Labute approximate surface area is 90.4 Å². The minimum Gasteiger partial charge on any atom is -0.487 e. The van der Waals surface area contributed by atoms with Gasteiger partial charge in [-0.3, -0.25) is 0 Å². The molecule has 0 heterocycles. The molecule has 1 aliphatic rings. The SMILES string of the molecule is Nc1ccccc1OC1CCCCC1N. The second-order valence-corrected chi connectivity index (χ2v) is 4.14. The van der Waals surface area contributed by atoms with E-state index < -0.39 is 0 Å². The summed E-state index contributed by atoms with van der Waals surface area (Å²) in [5.74, 6) is 0.764. The zero-order valence-electron chi connectivity index (χ0n) is 8.86.